The average Bonchev–Trinajstić information content (AvgIpc) is 2.26. The van der Waals surface area contributed by atoms with E-state index in [0.29, 0.717) is 0 Å². The number of hydrogen-bond acceptors (Lipinski definition) is 2. The molecule has 1 N–H and O–H groups in total. The molecule has 1 rings (SSSR count). The monoisotopic (exact) mass is 236 g/mol. The van der Waals surface area contributed by atoms with Crippen LogP contribution >= 0.6 is 0 Å². The fourth-order valence-electron chi connectivity index (χ4n) is 1.98. The third kappa shape index (κ3) is 4.04. The summed E-state index contributed by atoms with van der Waals surface area (Å²) in [7, 11) is 0. The summed E-state index contributed by atoms with van der Waals surface area (Å²) >= 11 is 0. The van der Waals surface area contributed by atoms with Crippen LogP contribution in [0.2, 0.25) is 0 Å². The van der Waals surface area contributed by atoms with Crippen LogP contribution in [0.3, 0.4) is 0 Å². The van der Waals surface area contributed by atoms with Gasteiger partial charge in [-0.15, -0.1) is 0 Å². The average molecular weight is 236 g/mol. The van der Waals surface area contributed by atoms with Crippen LogP contribution in [0.25, 0.3) is 0 Å². The largest absolute Gasteiger partial charge is 0.493 e. The van der Waals surface area contributed by atoms with Crippen molar-refractivity contribution in [3.8, 4) is 5.75 Å². The third-order valence-corrected chi connectivity index (χ3v) is 2.96. The van der Waals surface area contributed by atoms with Gasteiger partial charge < -0.3 is 9.84 Å². The second kappa shape index (κ2) is 6.65. The van der Waals surface area contributed by atoms with Crippen LogP contribution in [0.15, 0.2) is 12.1 Å². The van der Waals surface area contributed by atoms with Gasteiger partial charge in [-0.3, -0.25) is 0 Å². The summed E-state index contributed by atoms with van der Waals surface area (Å²) < 4.78 is 5.82. The molecular weight excluding hydrogens is 212 g/mol. The highest BCUT2D eigenvalue weighted by molar-refractivity contribution is 5.43. The van der Waals surface area contributed by atoms with Crippen LogP contribution in [-0.2, 0) is 0 Å². The zero-order valence-corrected chi connectivity index (χ0v) is 11.4. The highest BCUT2D eigenvalue weighted by Gasteiger charge is 2.09. The normalized spacial score (nSPS) is 12.5. The highest BCUT2D eigenvalue weighted by Crippen LogP contribution is 2.27. The number of aliphatic hydroxyl groups excluding tert-OH is 1. The van der Waals surface area contributed by atoms with Gasteiger partial charge in [0.2, 0.25) is 0 Å². The molecule has 0 amide bonds. The number of aliphatic hydroxyl groups is 1. The summed E-state index contributed by atoms with van der Waals surface area (Å²) in [5, 5.41) is 9.57. The molecule has 1 aromatic carbocycles. The van der Waals surface area contributed by atoms with E-state index in [0.717, 1.165) is 35.5 Å². The molecule has 0 aliphatic heterocycles. The summed E-state index contributed by atoms with van der Waals surface area (Å²) in [4.78, 5) is 0. The number of benzene rings is 1. The molecule has 2 heteroatoms. The maximum absolute atomic E-state index is 9.57. The highest BCUT2D eigenvalue weighted by atomic mass is 16.5. The van der Waals surface area contributed by atoms with Gasteiger partial charge in [0.1, 0.15) is 5.75 Å². The molecule has 0 aliphatic carbocycles. The predicted molar refractivity (Wildman–Crippen MR) is 71.6 cm³/mol. The molecule has 1 atom stereocenters. The number of hydrogen-bond donors (Lipinski definition) is 1. The molecule has 0 bridgehead atoms. The molecule has 0 saturated heterocycles. The zero-order valence-electron chi connectivity index (χ0n) is 11.4. The first-order chi connectivity index (χ1) is 8.06. The molecule has 0 aromatic heterocycles. The lowest BCUT2D eigenvalue weighted by molar-refractivity contribution is 0.199. The van der Waals surface area contributed by atoms with E-state index in [2.05, 4.69) is 6.92 Å². The van der Waals surface area contributed by atoms with Gasteiger partial charge in [0.15, 0.2) is 0 Å². The lowest BCUT2D eigenvalue weighted by Gasteiger charge is -2.15. The van der Waals surface area contributed by atoms with Crippen LogP contribution in [0, 0.1) is 13.8 Å². The quantitative estimate of drug-likeness (QED) is 0.758. The Morgan fingerprint density at radius 2 is 1.76 bits per heavy atom. The number of ether oxygens (including phenoxy) is 1. The Hall–Kier alpha value is -1.02. The smallest absolute Gasteiger partial charge is 0.125 e. The Kier molecular flexibility index (Phi) is 5.49. The molecule has 0 radical (unpaired) electrons. The topological polar surface area (TPSA) is 29.5 Å². The van der Waals surface area contributed by atoms with Crippen molar-refractivity contribution in [3.05, 3.63) is 28.8 Å². The summed E-state index contributed by atoms with van der Waals surface area (Å²) in [5.74, 6) is 0.977. The first-order valence-electron chi connectivity index (χ1n) is 6.48. The third-order valence-electron chi connectivity index (χ3n) is 2.96. The van der Waals surface area contributed by atoms with Crippen molar-refractivity contribution in [2.24, 2.45) is 0 Å². The lowest BCUT2D eigenvalue weighted by atomic mass is 10.0. The Labute approximate surface area is 105 Å². The minimum absolute atomic E-state index is 0.415. The van der Waals surface area contributed by atoms with Gasteiger partial charge in [0.05, 0.1) is 12.7 Å². The van der Waals surface area contributed by atoms with Gasteiger partial charge in [-0.1, -0.05) is 19.8 Å². The summed E-state index contributed by atoms with van der Waals surface area (Å²) in [5.41, 5.74) is 3.18. The summed E-state index contributed by atoms with van der Waals surface area (Å²) in [6.07, 6.45) is 3.11. The summed E-state index contributed by atoms with van der Waals surface area (Å²) in [6.45, 7) is 8.83. The van der Waals surface area contributed by atoms with Crippen molar-refractivity contribution in [2.75, 3.05) is 6.61 Å². The van der Waals surface area contributed by atoms with Crippen LogP contribution in [0.5, 0.6) is 5.75 Å². The van der Waals surface area contributed by atoms with E-state index in [9.17, 15) is 5.11 Å². The van der Waals surface area contributed by atoms with Crippen LogP contribution in [0.4, 0.5) is 0 Å². The summed E-state index contributed by atoms with van der Waals surface area (Å²) in [6, 6.07) is 4.01. The molecule has 1 unspecified atom stereocenters. The molecule has 0 spiro atoms. The molecule has 0 aliphatic rings. The fraction of sp³-hybridized carbons (Fsp3) is 0.600. The van der Waals surface area contributed by atoms with E-state index in [1.54, 1.807) is 6.92 Å². The molecular formula is C15H24O2. The minimum Gasteiger partial charge on any atom is -0.493 e. The zero-order chi connectivity index (χ0) is 12.8. The number of rotatable bonds is 6. The Morgan fingerprint density at radius 1 is 1.18 bits per heavy atom. The number of aryl methyl sites for hydroxylation is 2. The van der Waals surface area contributed by atoms with Crippen LogP contribution < -0.4 is 4.74 Å². The van der Waals surface area contributed by atoms with Crippen LogP contribution in [0.1, 0.15) is 55.9 Å². The van der Waals surface area contributed by atoms with Crippen molar-refractivity contribution in [3.63, 3.8) is 0 Å². The van der Waals surface area contributed by atoms with E-state index >= 15 is 0 Å². The molecule has 0 saturated carbocycles. The predicted octanol–water partition coefficient (Wildman–Crippen LogP) is 3.93. The molecule has 96 valence electrons. The first kappa shape index (κ1) is 14.0. The second-order valence-corrected chi connectivity index (χ2v) is 4.72. The van der Waals surface area contributed by atoms with Gasteiger partial charge in [-0.05, 0) is 56.0 Å². The molecule has 2 nitrogen and oxygen atoms in total. The maximum atomic E-state index is 9.57. The Morgan fingerprint density at radius 3 is 2.24 bits per heavy atom. The van der Waals surface area contributed by atoms with Gasteiger partial charge >= 0.3 is 0 Å². The minimum atomic E-state index is -0.415. The first-order valence-corrected chi connectivity index (χ1v) is 6.48. The van der Waals surface area contributed by atoms with Crippen molar-refractivity contribution in [2.45, 2.75) is 53.1 Å². The van der Waals surface area contributed by atoms with Gasteiger partial charge in [0, 0.05) is 0 Å². The van der Waals surface area contributed by atoms with Gasteiger partial charge in [0.25, 0.3) is 0 Å². The van der Waals surface area contributed by atoms with Crippen molar-refractivity contribution >= 4 is 0 Å². The lowest BCUT2D eigenvalue weighted by Crippen LogP contribution is -2.02. The van der Waals surface area contributed by atoms with E-state index in [1.807, 2.05) is 26.0 Å². The molecule has 17 heavy (non-hydrogen) atoms. The van der Waals surface area contributed by atoms with E-state index in [4.69, 9.17) is 4.74 Å². The second-order valence-electron chi connectivity index (χ2n) is 4.72. The number of unbranched alkanes of at least 4 members (excludes halogenated alkanes) is 2. The van der Waals surface area contributed by atoms with Crippen molar-refractivity contribution in [1.29, 1.82) is 0 Å². The Bertz CT molecular complexity index is 333. The fourth-order valence-corrected chi connectivity index (χ4v) is 1.98. The molecule has 0 heterocycles. The van der Waals surface area contributed by atoms with Crippen molar-refractivity contribution < 1.29 is 9.84 Å². The van der Waals surface area contributed by atoms with Crippen molar-refractivity contribution in [1.82, 2.24) is 0 Å². The van der Waals surface area contributed by atoms with Gasteiger partial charge in [-0.2, -0.15) is 0 Å². The molecule has 1 aromatic rings. The van der Waals surface area contributed by atoms with E-state index < -0.39 is 6.10 Å². The maximum Gasteiger partial charge on any atom is 0.125 e. The van der Waals surface area contributed by atoms with E-state index in [1.165, 1.54) is 12.8 Å². The van der Waals surface area contributed by atoms with E-state index in [-0.39, 0.29) is 0 Å². The molecule has 0 fully saturated rings. The Balaban J connectivity index is 2.72. The standard InChI is InChI=1S/C15H24O2/c1-5-6-7-8-17-15-11(2)9-14(13(4)16)10-12(15)3/h9-10,13,16H,5-8H2,1-4H3. The van der Waals surface area contributed by atoms with Crippen LogP contribution in [-0.4, -0.2) is 11.7 Å². The SMILES string of the molecule is CCCCCOc1c(C)cc(C(C)O)cc1C. The van der Waals surface area contributed by atoms with Gasteiger partial charge in [-0.25, -0.2) is 0 Å².